The lowest BCUT2D eigenvalue weighted by Gasteiger charge is -2.21. The zero-order valence-corrected chi connectivity index (χ0v) is 14.4. The van der Waals surface area contributed by atoms with E-state index >= 15 is 0 Å². The van der Waals surface area contributed by atoms with Gasteiger partial charge in [-0.3, -0.25) is 4.79 Å². The second-order valence-electron chi connectivity index (χ2n) is 5.72. The first-order valence-corrected chi connectivity index (χ1v) is 8.09. The number of aryl methyl sites for hydroxylation is 1. The number of halogens is 1. The van der Waals surface area contributed by atoms with Crippen molar-refractivity contribution in [2.75, 3.05) is 10.6 Å². The fraction of sp³-hybridized carbons (Fsp3) is 0.312. The van der Waals surface area contributed by atoms with E-state index in [1.54, 1.807) is 0 Å². The number of nitriles is 1. The maximum absolute atomic E-state index is 14.2. The number of hydrogen-bond donors (Lipinski definition) is 3. The third-order valence-electron chi connectivity index (χ3n) is 3.40. The van der Waals surface area contributed by atoms with E-state index in [0.29, 0.717) is 5.69 Å². The van der Waals surface area contributed by atoms with Crippen LogP contribution < -0.4 is 16.4 Å². The molecule has 0 aliphatic rings. The zero-order chi connectivity index (χ0) is 17.9. The summed E-state index contributed by atoms with van der Waals surface area (Å²) in [6.45, 7) is 5.47. The summed E-state index contributed by atoms with van der Waals surface area (Å²) in [5, 5.41) is 15.8. The Hall–Kier alpha value is -2.66. The van der Waals surface area contributed by atoms with Crippen molar-refractivity contribution in [1.29, 1.82) is 5.26 Å². The fourth-order valence-corrected chi connectivity index (χ4v) is 2.84. The summed E-state index contributed by atoms with van der Waals surface area (Å²) < 4.78 is 18.4. The van der Waals surface area contributed by atoms with Crippen molar-refractivity contribution >= 4 is 33.8 Å². The largest absolute Gasteiger partial charge is 0.371 e. The predicted molar refractivity (Wildman–Crippen MR) is 92.7 cm³/mol. The van der Waals surface area contributed by atoms with Crippen molar-refractivity contribution < 1.29 is 9.18 Å². The van der Waals surface area contributed by atoms with Gasteiger partial charge in [-0.1, -0.05) is 13.8 Å². The van der Waals surface area contributed by atoms with Crippen molar-refractivity contribution in [2.24, 2.45) is 11.7 Å². The lowest BCUT2D eigenvalue weighted by molar-refractivity contribution is -0.119. The normalized spacial score (nSPS) is 11.8. The second-order valence-corrected chi connectivity index (χ2v) is 6.52. The Morgan fingerprint density at radius 3 is 2.58 bits per heavy atom. The molecule has 1 unspecified atom stereocenters. The number of nitrogens with zero attached hydrogens (tertiary/aromatic N) is 2. The van der Waals surface area contributed by atoms with Crippen LogP contribution in [0.25, 0.3) is 0 Å². The molecule has 0 fully saturated rings. The smallest absolute Gasteiger partial charge is 0.240 e. The Morgan fingerprint density at radius 2 is 2.08 bits per heavy atom. The summed E-state index contributed by atoms with van der Waals surface area (Å²) in [4.78, 5) is 11.5. The number of primary amides is 1. The monoisotopic (exact) mass is 347 g/mol. The highest BCUT2D eigenvalue weighted by atomic mass is 32.1. The maximum atomic E-state index is 14.2. The minimum Gasteiger partial charge on any atom is -0.371 e. The molecule has 0 saturated carbocycles. The number of carbonyl (C=O) groups excluding carboxylic acids is 1. The third-order valence-corrected chi connectivity index (χ3v) is 4.19. The molecule has 0 spiro atoms. The van der Waals surface area contributed by atoms with Crippen LogP contribution in [0.3, 0.4) is 0 Å². The van der Waals surface area contributed by atoms with Gasteiger partial charge in [0, 0.05) is 0 Å². The molecule has 1 amide bonds. The van der Waals surface area contributed by atoms with E-state index < -0.39 is 17.8 Å². The van der Waals surface area contributed by atoms with Crippen LogP contribution in [0, 0.1) is 30.0 Å². The zero-order valence-electron chi connectivity index (χ0n) is 13.6. The minimum atomic E-state index is -0.717. The molecule has 0 saturated heterocycles. The quantitative estimate of drug-likeness (QED) is 0.745. The summed E-state index contributed by atoms with van der Waals surface area (Å²) in [7, 11) is 0. The molecule has 4 N–H and O–H groups in total. The molecular weight excluding hydrogens is 329 g/mol. The van der Waals surface area contributed by atoms with Crippen molar-refractivity contribution in [3.63, 3.8) is 0 Å². The van der Waals surface area contributed by atoms with Gasteiger partial charge in [0.1, 0.15) is 22.9 Å². The predicted octanol–water partition coefficient (Wildman–Crippen LogP) is 3.13. The number of nitrogens with one attached hydrogen (secondary N) is 2. The van der Waals surface area contributed by atoms with Gasteiger partial charge < -0.3 is 16.4 Å². The van der Waals surface area contributed by atoms with E-state index in [1.807, 2.05) is 32.9 Å². The van der Waals surface area contributed by atoms with Gasteiger partial charge >= 0.3 is 0 Å². The number of anilines is 3. The number of nitrogens with two attached hydrogens (primary N) is 1. The van der Waals surface area contributed by atoms with E-state index in [2.05, 4.69) is 15.0 Å². The summed E-state index contributed by atoms with van der Waals surface area (Å²) in [5.41, 5.74) is 6.89. The van der Waals surface area contributed by atoms with Crippen LogP contribution in [0.1, 0.15) is 25.1 Å². The average Bonchev–Trinajstić information content (AvgIpc) is 2.91. The van der Waals surface area contributed by atoms with Crippen molar-refractivity contribution in [3.05, 3.63) is 35.3 Å². The maximum Gasteiger partial charge on any atom is 0.240 e. The molecule has 0 bridgehead atoms. The molecule has 1 heterocycles. The molecule has 2 rings (SSSR count). The molecule has 24 heavy (non-hydrogen) atoms. The highest BCUT2D eigenvalue weighted by Crippen LogP contribution is 2.29. The van der Waals surface area contributed by atoms with Gasteiger partial charge in [0.2, 0.25) is 5.91 Å². The van der Waals surface area contributed by atoms with Crippen LogP contribution >= 0.6 is 11.5 Å². The fourth-order valence-electron chi connectivity index (χ4n) is 2.17. The Balaban J connectivity index is 2.37. The second kappa shape index (κ2) is 7.27. The molecule has 1 atom stereocenters. The molecule has 8 heteroatoms. The lowest BCUT2D eigenvalue weighted by Crippen LogP contribution is -2.39. The van der Waals surface area contributed by atoms with Crippen LogP contribution in [0.4, 0.5) is 20.8 Å². The number of amides is 1. The van der Waals surface area contributed by atoms with Gasteiger partial charge in [-0.05, 0) is 42.6 Å². The molecule has 1 aromatic carbocycles. The van der Waals surface area contributed by atoms with Gasteiger partial charge in [0.25, 0.3) is 0 Å². The van der Waals surface area contributed by atoms with E-state index in [1.165, 1.54) is 17.6 Å². The van der Waals surface area contributed by atoms with E-state index in [0.717, 1.165) is 16.8 Å². The van der Waals surface area contributed by atoms with Crippen LogP contribution in [-0.2, 0) is 4.79 Å². The standard InChI is InChI=1S/C16H18FN5OS/c1-8(2)15(16(19)23)21-13-6-12(10(7-18)5-11(13)17)20-14-4-9(3)22-24-14/h4-6,8,15,20-21H,1-3H3,(H2,19,23). The molecule has 0 radical (unpaired) electrons. The summed E-state index contributed by atoms with van der Waals surface area (Å²) >= 11 is 1.24. The van der Waals surface area contributed by atoms with Crippen LogP contribution in [0.2, 0.25) is 0 Å². The lowest BCUT2D eigenvalue weighted by atomic mass is 10.0. The van der Waals surface area contributed by atoms with Crippen molar-refractivity contribution in [3.8, 4) is 6.07 Å². The van der Waals surface area contributed by atoms with Crippen molar-refractivity contribution in [2.45, 2.75) is 26.8 Å². The number of aromatic nitrogens is 1. The van der Waals surface area contributed by atoms with E-state index in [-0.39, 0.29) is 17.2 Å². The molecule has 6 nitrogen and oxygen atoms in total. The highest BCUT2D eigenvalue weighted by Gasteiger charge is 2.21. The van der Waals surface area contributed by atoms with Crippen LogP contribution in [-0.4, -0.2) is 16.3 Å². The SMILES string of the molecule is Cc1cc(Nc2cc(NC(C(N)=O)C(C)C)c(F)cc2C#N)sn1. The van der Waals surface area contributed by atoms with E-state index in [4.69, 9.17) is 5.73 Å². The summed E-state index contributed by atoms with van der Waals surface area (Å²) in [6, 6.07) is 5.64. The molecule has 2 aromatic rings. The van der Waals surface area contributed by atoms with Gasteiger partial charge in [0.05, 0.1) is 22.6 Å². The Kier molecular flexibility index (Phi) is 5.36. The van der Waals surface area contributed by atoms with Crippen LogP contribution in [0.5, 0.6) is 0 Å². The highest BCUT2D eigenvalue weighted by molar-refractivity contribution is 7.10. The Bertz CT molecular complexity index is 796. The van der Waals surface area contributed by atoms with Gasteiger partial charge in [-0.15, -0.1) is 0 Å². The molecule has 0 aliphatic heterocycles. The summed E-state index contributed by atoms with van der Waals surface area (Å²) in [5.74, 6) is -1.30. The minimum absolute atomic E-state index is 0.107. The number of rotatable bonds is 6. The van der Waals surface area contributed by atoms with Gasteiger partial charge in [-0.2, -0.15) is 9.64 Å². The Morgan fingerprint density at radius 1 is 1.38 bits per heavy atom. The first-order chi connectivity index (χ1) is 11.3. The van der Waals surface area contributed by atoms with Crippen molar-refractivity contribution in [1.82, 2.24) is 4.37 Å². The molecular formula is C16H18FN5OS. The van der Waals surface area contributed by atoms with Gasteiger partial charge in [0.15, 0.2) is 0 Å². The van der Waals surface area contributed by atoms with Crippen LogP contribution in [0.15, 0.2) is 18.2 Å². The molecule has 0 aliphatic carbocycles. The number of hydrogen-bond acceptors (Lipinski definition) is 6. The third kappa shape index (κ3) is 4.00. The Labute approximate surface area is 143 Å². The molecule has 126 valence electrons. The number of benzene rings is 1. The van der Waals surface area contributed by atoms with Gasteiger partial charge in [-0.25, -0.2) is 4.39 Å². The van der Waals surface area contributed by atoms with E-state index in [9.17, 15) is 14.4 Å². The first-order valence-electron chi connectivity index (χ1n) is 7.31. The number of carbonyl (C=O) groups is 1. The molecule has 1 aromatic heterocycles. The average molecular weight is 347 g/mol. The topological polar surface area (TPSA) is 104 Å². The first kappa shape index (κ1) is 17.7. The summed E-state index contributed by atoms with van der Waals surface area (Å²) in [6.07, 6.45) is 0.